The van der Waals surface area contributed by atoms with Crippen molar-refractivity contribution in [2.24, 2.45) is 0 Å². The number of nitrogen functional groups attached to an aromatic ring is 1. The van der Waals surface area contributed by atoms with Crippen molar-refractivity contribution >= 4 is 11.9 Å². The second-order valence-electron chi connectivity index (χ2n) is 4.27. The van der Waals surface area contributed by atoms with Crippen LogP contribution in [0.2, 0.25) is 0 Å². The summed E-state index contributed by atoms with van der Waals surface area (Å²) in [6, 6.07) is 0. The summed E-state index contributed by atoms with van der Waals surface area (Å²) < 4.78 is 6.85. The van der Waals surface area contributed by atoms with E-state index in [1.807, 2.05) is 20.8 Å². The smallest absolute Gasteiger partial charge is 0.241 e. The average Bonchev–Trinajstić information content (AvgIpc) is 2.61. The molecule has 0 spiro atoms. The van der Waals surface area contributed by atoms with E-state index in [0.717, 1.165) is 0 Å². The lowest BCUT2D eigenvalue weighted by molar-refractivity contribution is -0.123. The Bertz CT molecular complexity index is 375. The quantitative estimate of drug-likeness (QED) is 0.718. The van der Waals surface area contributed by atoms with Crippen LogP contribution in [0.4, 0.5) is 5.95 Å². The molecular formula is C10H19N5O2. The van der Waals surface area contributed by atoms with E-state index in [9.17, 15) is 4.79 Å². The number of ether oxygens (including phenoxy) is 1. The summed E-state index contributed by atoms with van der Waals surface area (Å²) in [7, 11) is 0. The first-order valence-electron chi connectivity index (χ1n) is 5.48. The summed E-state index contributed by atoms with van der Waals surface area (Å²) in [5.74, 6) is 0.00937. The van der Waals surface area contributed by atoms with Crippen molar-refractivity contribution in [2.45, 2.75) is 32.9 Å². The van der Waals surface area contributed by atoms with E-state index in [2.05, 4.69) is 15.4 Å². The Morgan fingerprint density at radius 3 is 2.88 bits per heavy atom. The van der Waals surface area contributed by atoms with Gasteiger partial charge in [-0.05, 0) is 20.8 Å². The van der Waals surface area contributed by atoms with Gasteiger partial charge in [0.25, 0.3) is 0 Å². The minimum absolute atomic E-state index is 0.104. The van der Waals surface area contributed by atoms with Gasteiger partial charge in [0.05, 0.1) is 5.60 Å². The summed E-state index contributed by atoms with van der Waals surface area (Å²) >= 11 is 0. The van der Waals surface area contributed by atoms with Gasteiger partial charge in [-0.3, -0.25) is 4.79 Å². The normalized spacial score (nSPS) is 11.5. The highest BCUT2D eigenvalue weighted by molar-refractivity contribution is 5.75. The zero-order valence-electron chi connectivity index (χ0n) is 10.4. The molecule has 0 aromatic carbocycles. The Hall–Kier alpha value is -1.63. The number of carbonyl (C=O) groups is 1. The fourth-order valence-electron chi connectivity index (χ4n) is 1.34. The number of hydrogen-bond acceptors (Lipinski definition) is 5. The van der Waals surface area contributed by atoms with Gasteiger partial charge in [-0.15, -0.1) is 5.10 Å². The molecule has 1 amide bonds. The van der Waals surface area contributed by atoms with Crippen molar-refractivity contribution in [1.29, 1.82) is 0 Å². The van der Waals surface area contributed by atoms with Crippen LogP contribution in [0.15, 0.2) is 6.33 Å². The van der Waals surface area contributed by atoms with Crippen LogP contribution in [0.3, 0.4) is 0 Å². The Kier molecular flexibility index (Phi) is 4.45. The molecule has 0 atom stereocenters. The zero-order chi connectivity index (χ0) is 12.9. The van der Waals surface area contributed by atoms with Gasteiger partial charge in [-0.1, -0.05) is 0 Å². The third-order valence-electron chi connectivity index (χ3n) is 2.11. The Morgan fingerprint density at radius 2 is 2.35 bits per heavy atom. The van der Waals surface area contributed by atoms with Gasteiger partial charge >= 0.3 is 0 Å². The van der Waals surface area contributed by atoms with Gasteiger partial charge in [0.2, 0.25) is 11.9 Å². The Balaban J connectivity index is 2.35. The number of rotatable bonds is 6. The lowest BCUT2D eigenvalue weighted by Crippen LogP contribution is -2.41. The molecule has 0 aliphatic heterocycles. The van der Waals surface area contributed by atoms with Crippen LogP contribution in [0.5, 0.6) is 0 Å². The molecule has 7 heteroatoms. The first kappa shape index (κ1) is 13.4. The first-order chi connectivity index (χ1) is 7.93. The molecule has 0 aliphatic rings. The molecule has 0 fully saturated rings. The summed E-state index contributed by atoms with van der Waals surface area (Å²) in [5.41, 5.74) is 4.97. The van der Waals surface area contributed by atoms with Crippen molar-refractivity contribution in [3.8, 4) is 0 Å². The van der Waals surface area contributed by atoms with E-state index < -0.39 is 0 Å². The van der Waals surface area contributed by atoms with Crippen LogP contribution in [0.25, 0.3) is 0 Å². The molecule has 1 aromatic heterocycles. The fourth-order valence-corrected chi connectivity index (χ4v) is 1.34. The highest BCUT2D eigenvalue weighted by atomic mass is 16.5. The topological polar surface area (TPSA) is 95.1 Å². The highest BCUT2D eigenvalue weighted by Gasteiger charge is 2.18. The SMILES string of the molecule is CCOC(C)(C)CNC(=O)Cn1cnc(N)n1. The number of anilines is 1. The van der Waals surface area contributed by atoms with Crippen molar-refractivity contribution in [3.63, 3.8) is 0 Å². The second kappa shape index (κ2) is 5.62. The van der Waals surface area contributed by atoms with E-state index >= 15 is 0 Å². The number of aromatic nitrogens is 3. The molecule has 1 heterocycles. The van der Waals surface area contributed by atoms with Gasteiger partial charge < -0.3 is 15.8 Å². The number of hydrogen-bond donors (Lipinski definition) is 2. The molecular weight excluding hydrogens is 222 g/mol. The van der Waals surface area contributed by atoms with Crippen molar-refractivity contribution in [3.05, 3.63) is 6.33 Å². The Morgan fingerprint density at radius 1 is 1.65 bits per heavy atom. The van der Waals surface area contributed by atoms with Crippen LogP contribution in [0, 0.1) is 0 Å². The van der Waals surface area contributed by atoms with Gasteiger partial charge in [-0.25, -0.2) is 9.67 Å². The van der Waals surface area contributed by atoms with Crippen molar-refractivity contribution < 1.29 is 9.53 Å². The third-order valence-corrected chi connectivity index (χ3v) is 2.11. The molecule has 3 N–H and O–H groups in total. The van der Waals surface area contributed by atoms with Crippen LogP contribution in [0.1, 0.15) is 20.8 Å². The van der Waals surface area contributed by atoms with E-state index in [1.54, 1.807) is 0 Å². The second-order valence-corrected chi connectivity index (χ2v) is 4.27. The molecule has 1 aromatic rings. The number of nitrogens with zero attached hydrogens (tertiary/aromatic N) is 3. The molecule has 0 bridgehead atoms. The maximum atomic E-state index is 11.6. The van der Waals surface area contributed by atoms with Crippen molar-refractivity contribution in [2.75, 3.05) is 18.9 Å². The summed E-state index contributed by atoms with van der Waals surface area (Å²) in [6.07, 6.45) is 1.42. The van der Waals surface area contributed by atoms with Crippen LogP contribution >= 0.6 is 0 Å². The maximum Gasteiger partial charge on any atom is 0.241 e. The average molecular weight is 241 g/mol. The predicted octanol–water partition coefficient (Wildman–Crippen LogP) is -0.208. The predicted molar refractivity (Wildman–Crippen MR) is 63.1 cm³/mol. The largest absolute Gasteiger partial charge is 0.374 e. The lowest BCUT2D eigenvalue weighted by atomic mass is 10.1. The lowest BCUT2D eigenvalue weighted by Gasteiger charge is -2.24. The number of carbonyl (C=O) groups excluding carboxylic acids is 1. The summed E-state index contributed by atoms with van der Waals surface area (Å²) in [5, 5.41) is 6.59. The third kappa shape index (κ3) is 4.81. The monoisotopic (exact) mass is 241 g/mol. The summed E-state index contributed by atoms with van der Waals surface area (Å²) in [4.78, 5) is 15.3. The maximum absolute atomic E-state index is 11.6. The Labute approximate surface area is 100 Å². The number of nitrogens with one attached hydrogen (secondary N) is 1. The van der Waals surface area contributed by atoms with E-state index in [-0.39, 0.29) is 24.0 Å². The standard InChI is InChI=1S/C10H19N5O2/c1-4-17-10(2,3)6-12-8(16)5-15-7-13-9(11)14-15/h7H,4-6H2,1-3H3,(H2,11,14)(H,12,16). The summed E-state index contributed by atoms with van der Waals surface area (Å²) in [6.45, 7) is 6.93. The molecule has 0 saturated carbocycles. The van der Waals surface area contributed by atoms with Crippen molar-refractivity contribution in [1.82, 2.24) is 20.1 Å². The molecule has 0 aliphatic carbocycles. The highest BCUT2D eigenvalue weighted by Crippen LogP contribution is 2.06. The van der Waals surface area contributed by atoms with Crippen LogP contribution < -0.4 is 11.1 Å². The van der Waals surface area contributed by atoms with Gasteiger partial charge in [0, 0.05) is 13.2 Å². The number of nitrogens with two attached hydrogens (primary N) is 1. The van der Waals surface area contributed by atoms with E-state index in [0.29, 0.717) is 13.2 Å². The van der Waals surface area contributed by atoms with Crippen LogP contribution in [-0.4, -0.2) is 39.4 Å². The minimum Gasteiger partial charge on any atom is -0.374 e. The van der Waals surface area contributed by atoms with Gasteiger partial charge in [0.15, 0.2) is 0 Å². The molecule has 96 valence electrons. The molecule has 0 saturated heterocycles. The molecule has 0 unspecified atom stereocenters. The van der Waals surface area contributed by atoms with Gasteiger partial charge in [-0.2, -0.15) is 0 Å². The first-order valence-corrected chi connectivity index (χ1v) is 5.48. The fraction of sp³-hybridized carbons (Fsp3) is 0.700. The van der Waals surface area contributed by atoms with Gasteiger partial charge in [0.1, 0.15) is 12.9 Å². The minimum atomic E-state index is -0.369. The molecule has 17 heavy (non-hydrogen) atoms. The molecule has 1 rings (SSSR count). The zero-order valence-corrected chi connectivity index (χ0v) is 10.4. The molecule has 7 nitrogen and oxygen atoms in total. The van der Waals surface area contributed by atoms with Crippen LogP contribution in [-0.2, 0) is 16.1 Å². The van der Waals surface area contributed by atoms with E-state index in [1.165, 1.54) is 11.0 Å². The number of amides is 1. The molecule has 0 radical (unpaired) electrons. The van der Waals surface area contributed by atoms with E-state index in [4.69, 9.17) is 10.5 Å².